The molecular formula is C23H21Cl3N4. The largest absolute Gasteiger partial charge is 0.331 e. The molecule has 2 heterocycles. The molecule has 0 unspecified atom stereocenters. The molecule has 4 aromatic rings. The Hall–Kier alpha value is -2.27. The number of benzene rings is 2. The minimum atomic E-state index is -0.0692. The fourth-order valence-corrected chi connectivity index (χ4v) is 3.94. The highest BCUT2D eigenvalue weighted by molar-refractivity contribution is 6.35. The van der Waals surface area contributed by atoms with Crippen molar-refractivity contribution < 1.29 is 0 Å². The third-order valence-corrected chi connectivity index (χ3v) is 5.77. The van der Waals surface area contributed by atoms with Gasteiger partial charge in [-0.25, -0.2) is 9.67 Å². The first-order valence-corrected chi connectivity index (χ1v) is 10.6. The third-order valence-electron chi connectivity index (χ3n) is 4.98. The smallest absolute Gasteiger partial charge is 0.116 e. The molecule has 0 aliphatic heterocycles. The lowest BCUT2D eigenvalue weighted by atomic mass is 10.1. The van der Waals surface area contributed by atoms with Gasteiger partial charge in [-0.05, 0) is 58.0 Å². The Morgan fingerprint density at radius 2 is 1.57 bits per heavy atom. The maximum absolute atomic E-state index is 6.53. The van der Waals surface area contributed by atoms with Gasteiger partial charge in [-0.15, -0.1) is 0 Å². The van der Waals surface area contributed by atoms with E-state index in [1.807, 2.05) is 54.5 Å². The molecule has 0 fully saturated rings. The summed E-state index contributed by atoms with van der Waals surface area (Å²) in [7, 11) is 0. The normalized spacial score (nSPS) is 11.8. The van der Waals surface area contributed by atoms with Crippen LogP contribution < -0.4 is 0 Å². The van der Waals surface area contributed by atoms with Crippen LogP contribution in [0.1, 0.15) is 26.3 Å². The van der Waals surface area contributed by atoms with E-state index in [0.717, 1.165) is 33.9 Å². The highest BCUT2D eigenvalue weighted by Gasteiger charge is 2.22. The van der Waals surface area contributed by atoms with Gasteiger partial charge in [0.15, 0.2) is 0 Å². The molecule has 154 valence electrons. The van der Waals surface area contributed by atoms with Crippen LogP contribution in [0.15, 0.2) is 55.0 Å². The monoisotopic (exact) mass is 458 g/mol. The SMILES string of the molecule is Cc1c(-c2cn(C(C)(C)C)cn2)nn(-c2ccc(Cl)cc2Cl)c1-c1ccc(Cl)cc1. The zero-order valence-corrected chi connectivity index (χ0v) is 19.4. The quantitative estimate of drug-likeness (QED) is 0.319. The Morgan fingerprint density at radius 3 is 2.17 bits per heavy atom. The van der Waals surface area contributed by atoms with E-state index < -0.39 is 0 Å². The van der Waals surface area contributed by atoms with Crippen molar-refractivity contribution in [2.45, 2.75) is 33.2 Å². The zero-order valence-electron chi connectivity index (χ0n) is 17.1. The maximum Gasteiger partial charge on any atom is 0.116 e. The number of nitrogens with zero attached hydrogens (tertiary/aromatic N) is 4. The molecule has 0 saturated carbocycles. The lowest BCUT2D eigenvalue weighted by Gasteiger charge is -2.19. The van der Waals surface area contributed by atoms with Crippen molar-refractivity contribution >= 4 is 34.8 Å². The van der Waals surface area contributed by atoms with E-state index in [1.54, 1.807) is 12.1 Å². The molecule has 2 aromatic heterocycles. The van der Waals surface area contributed by atoms with Gasteiger partial charge in [-0.3, -0.25) is 0 Å². The van der Waals surface area contributed by atoms with Crippen molar-refractivity contribution in [1.82, 2.24) is 19.3 Å². The first-order chi connectivity index (χ1) is 14.1. The Morgan fingerprint density at radius 1 is 0.900 bits per heavy atom. The highest BCUT2D eigenvalue weighted by atomic mass is 35.5. The molecule has 0 saturated heterocycles. The Kier molecular flexibility index (Phi) is 5.43. The molecule has 0 aliphatic rings. The summed E-state index contributed by atoms with van der Waals surface area (Å²) in [5, 5.41) is 6.69. The molecule has 0 bridgehead atoms. The average Bonchev–Trinajstić information content (AvgIpc) is 3.28. The topological polar surface area (TPSA) is 35.6 Å². The summed E-state index contributed by atoms with van der Waals surface area (Å²) >= 11 is 18.8. The van der Waals surface area contributed by atoms with Gasteiger partial charge in [0.2, 0.25) is 0 Å². The van der Waals surface area contributed by atoms with Crippen molar-refractivity contribution in [1.29, 1.82) is 0 Å². The van der Waals surface area contributed by atoms with Gasteiger partial charge in [0.25, 0.3) is 0 Å². The van der Waals surface area contributed by atoms with E-state index in [4.69, 9.17) is 39.9 Å². The minimum absolute atomic E-state index is 0.0692. The van der Waals surface area contributed by atoms with Crippen molar-refractivity contribution in [3.8, 4) is 28.3 Å². The molecule has 4 nitrogen and oxygen atoms in total. The number of aromatic nitrogens is 4. The van der Waals surface area contributed by atoms with Crippen LogP contribution in [0.5, 0.6) is 0 Å². The third kappa shape index (κ3) is 3.87. The molecule has 0 N–H and O–H groups in total. The van der Waals surface area contributed by atoms with Crippen LogP contribution in [-0.4, -0.2) is 19.3 Å². The van der Waals surface area contributed by atoms with E-state index in [2.05, 4.69) is 30.3 Å². The average molecular weight is 460 g/mol. The van der Waals surface area contributed by atoms with Crippen LogP contribution in [0, 0.1) is 6.92 Å². The van der Waals surface area contributed by atoms with Crippen LogP contribution in [-0.2, 0) is 5.54 Å². The van der Waals surface area contributed by atoms with Gasteiger partial charge in [0.1, 0.15) is 11.4 Å². The van der Waals surface area contributed by atoms with E-state index in [1.165, 1.54) is 0 Å². The van der Waals surface area contributed by atoms with Crippen molar-refractivity contribution in [3.63, 3.8) is 0 Å². The lowest BCUT2D eigenvalue weighted by molar-refractivity contribution is 0.396. The Bertz CT molecular complexity index is 1210. The maximum atomic E-state index is 6.53. The van der Waals surface area contributed by atoms with E-state index in [0.29, 0.717) is 15.1 Å². The summed E-state index contributed by atoms with van der Waals surface area (Å²) in [6, 6.07) is 13.1. The molecule has 0 atom stereocenters. The van der Waals surface area contributed by atoms with Crippen LogP contribution in [0.2, 0.25) is 15.1 Å². The predicted molar refractivity (Wildman–Crippen MR) is 125 cm³/mol. The summed E-state index contributed by atoms with van der Waals surface area (Å²) in [6.07, 6.45) is 3.86. The number of rotatable bonds is 3. The van der Waals surface area contributed by atoms with Gasteiger partial charge in [-0.2, -0.15) is 5.10 Å². The lowest BCUT2D eigenvalue weighted by Crippen LogP contribution is -2.19. The fourth-order valence-electron chi connectivity index (χ4n) is 3.33. The van der Waals surface area contributed by atoms with Gasteiger partial charge >= 0.3 is 0 Å². The first-order valence-electron chi connectivity index (χ1n) is 9.51. The van der Waals surface area contributed by atoms with Crippen LogP contribution in [0.4, 0.5) is 0 Å². The van der Waals surface area contributed by atoms with Crippen LogP contribution >= 0.6 is 34.8 Å². The molecular weight excluding hydrogens is 439 g/mol. The molecule has 2 aromatic carbocycles. The number of imidazole rings is 1. The number of hydrogen-bond acceptors (Lipinski definition) is 2. The molecule has 7 heteroatoms. The fraction of sp³-hybridized carbons (Fsp3) is 0.217. The Balaban J connectivity index is 1.95. The van der Waals surface area contributed by atoms with Gasteiger partial charge in [0.05, 0.1) is 22.7 Å². The van der Waals surface area contributed by atoms with Crippen molar-refractivity contribution in [2.75, 3.05) is 0 Å². The minimum Gasteiger partial charge on any atom is -0.331 e. The summed E-state index contributed by atoms with van der Waals surface area (Å²) in [5.74, 6) is 0. The van der Waals surface area contributed by atoms with E-state index in [-0.39, 0.29) is 5.54 Å². The van der Waals surface area contributed by atoms with E-state index in [9.17, 15) is 0 Å². The predicted octanol–water partition coefficient (Wildman–Crippen LogP) is 7.43. The number of halogens is 3. The highest BCUT2D eigenvalue weighted by Crippen LogP contribution is 2.36. The van der Waals surface area contributed by atoms with Crippen molar-refractivity contribution in [3.05, 3.63) is 75.6 Å². The first kappa shape index (κ1) is 21.0. The van der Waals surface area contributed by atoms with Gasteiger partial charge in [-0.1, -0.05) is 46.9 Å². The molecule has 30 heavy (non-hydrogen) atoms. The molecule has 0 aliphatic carbocycles. The molecule has 0 spiro atoms. The summed E-state index contributed by atoms with van der Waals surface area (Å²) in [6.45, 7) is 8.45. The van der Waals surface area contributed by atoms with Crippen molar-refractivity contribution in [2.24, 2.45) is 0 Å². The second-order valence-electron chi connectivity index (χ2n) is 8.17. The standard InChI is InChI=1S/C23H21Cl3N4/c1-14-21(19-12-29(13-27-19)23(2,3)4)28-30(20-10-9-17(25)11-18(20)26)22(14)15-5-7-16(24)8-6-15/h5-13H,1-4H3. The summed E-state index contributed by atoms with van der Waals surface area (Å²) in [4.78, 5) is 4.62. The molecule has 0 amide bonds. The Labute approximate surface area is 191 Å². The van der Waals surface area contributed by atoms with E-state index >= 15 is 0 Å². The zero-order chi connectivity index (χ0) is 21.6. The summed E-state index contributed by atoms with van der Waals surface area (Å²) < 4.78 is 3.93. The van der Waals surface area contributed by atoms with Gasteiger partial charge < -0.3 is 4.57 Å². The number of hydrogen-bond donors (Lipinski definition) is 0. The molecule has 0 radical (unpaired) electrons. The summed E-state index contributed by atoms with van der Waals surface area (Å²) in [5.41, 5.74) is 5.20. The van der Waals surface area contributed by atoms with Crippen LogP contribution in [0.25, 0.3) is 28.3 Å². The second-order valence-corrected chi connectivity index (χ2v) is 9.45. The molecule has 4 rings (SSSR count). The van der Waals surface area contributed by atoms with Crippen LogP contribution in [0.3, 0.4) is 0 Å². The van der Waals surface area contributed by atoms with Gasteiger partial charge in [0, 0.05) is 32.9 Å². The second kappa shape index (κ2) is 7.77.